The van der Waals surface area contributed by atoms with E-state index in [-0.39, 0.29) is 11.9 Å². The van der Waals surface area contributed by atoms with E-state index in [4.69, 9.17) is 23.2 Å². The van der Waals surface area contributed by atoms with Crippen molar-refractivity contribution in [1.29, 1.82) is 0 Å². The molecule has 10 heavy (non-hydrogen) atoms. The molecule has 0 unspecified atom stereocenters. The molecule has 1 saturated carbocycles. The van der Waals surface area contributed by atoms with Crippen molar-refractivity contribution < 1.29 is 9.53 Å². The molecule has 0 aromatic rings. The Morgan fingerprint density at radius 1 is 1.90 bits per heavy atom. The van der Waals surface area contributed by atoms with E-state index in [1.54, 1.807) is 0 Å². The van der Waals surface area contributed by atoms with Crippen LogP contribution in [-0.4, -0.2) is 23.8 Å². The van der Waals surface area contributed by atoms with Crippen molar-refractivity contribution in [3.05, 3.63) is 0 Å². The van der Waals surface area contributed by atoms with Crippen molar-refractivity contribution >= 4 is 29.2 Å². The topological polar surface area (TPSA) is 26.3 Å². The molecule has 0 spiro atoms. The van der Waals surface area contributed by atoms with Gasteiger partial charge in [0.2, 0.25) is 0 Å². The second-order valence-electron chi connectivity index (χ2n) is 2.41. The molecule has 1 rings (SSSR count). The Balaban J connectivity index is 2.50. The summed E-state index contributed by atoms with van der Waals surface area (Å²) >= 11 is 11.3. The third-order valence-corrected chi connectivity index (χ3v) is 2.73. The fourth-order valence-corrected chi connectivity index (χ4v) is 1.69. The summed E-state index contributed by atoms with van der Waals surface area (Å²) in [6, 6.07) is 0. The van der Waals surface area contributed by atoms with Crippen LogP contribution in [0.3, 0.4) is 0 Å². The minimum atomic E-state index is -0.795. The van der Waals surface area contributed by atoms with Gasteiger partial charge in [-0.25, -0.2) is 0 Å². The molecule has 0 aromatic heterocycles. The van der Waals surface area contributed by atoms with Crippen molar-refractivity contribution in [2.75, 3.05) is 13.0 Å². The maximum Gasteiger partial charge on any atom is 0.327 e. The maximum atomic E-state index is 10.9. The van der Waals surface area contributed by atoms with E-state index in [1.807, 2.05) is 0 Å². The number of rotatable bonds is 2. The van der Waals surface area contributed by atoms with Gasteiger partial charge in [-0.05, 0) is 6.42 Å². The van der Waals surface area contributed by atoms with Crippen molar-refractivity contribution in [1.82, 2.24) is 0 Å². The van der Waals surface area contributed by atoms with Crippen LogP contribution in [0.25, 0.3) is 0 Å². The van der Waals surface area contributed by atoms with Crippen LogP contribution < -0.4 is 0 Å². The molecule has 58 valence electrons. The van der Waals surface area contributed by atoms with Gasteiger partial charge >= 0.3 is 5.97 Å². The Morgan fingerprint density at radius 2 is 2.50 bits per heavy atom. The van der Waals surface area contributed by atoms with Gasteiger partial charge in [-0.1, -0.05) is 0 Å². The Morgan fingerprint density at radius 3 is 2.80 bits per heavy atom. The highest BCUT2D eigenvalue weighted by atomic mass is 35.5. The molecule has 2 atom stereocenters. The molecule has 0 bridgehead atoms. The van der Waals surface area contributed by atoms with Crippen LogP contribution >= 0.6 is 23.2 Å². The van der Waals surface area contributed by atoms with Gasteiger partial charge in [0.25, 0.3) is 0 Å². The first-order valence-corrected chi connectivity index (χ1v) is 3.89. The number of methoxy groups -OCH3 is 1. The van der Waals surface area contributed by atoms with Crippen LogP contribution in [0.15, 0.2) is 0 Å². The first-order chi connectivity index (χ1) is 4.65. The van der Waals surface area contributed by atoms with E-state index in [9.17, 15) is 4.79 Å². The van der Waals surface area contributed by atoms with Crippen molar-refractivity contribution in [3.63, 3.8) is 0 Å². The molecule has 0 radical (unpaired) electrons. The van der Waals surface area contributed by atoms with Crippen LogP contribution in [0.2, 0.25) is 0 Å². The van der Waals surface area contributed by atoms with Crippen LogP contribution in [0.4, 0.5) is 0 Å². The Kier molecular flexibility index (Phi) is 2.11. The molecular formula is C6H8Cl2O2. The molecule has 0 aliphatic heterocycles. The lowest BCUT2D eigenvalue weighted by Crippen LogP contribution is -2.20. The van der Waals surface area contributed by atoms with Gasteiger partial charge in [-0.3, -0.25) is 4.79 Å². The second-order valence-corrected chi connectivity index (χ2v) is 3.39. The maximum absolute atomic E-state index is 10.9. The number of hydrogen-bond acceptors (Lipinski definition) is 2. The molecule has 0 heterocycles. The largest absolute Gasteiger partial charge is 0.468 e. The van der Waals surface area contributed by atoms with Crippen LogP contribution in [0, 0.1) is 5.92 Å². The zero-order valence-electron chi connectivity index (χ0n) is 5.56. The summed E-state index contributed by atoms with van der Waals surface area (Å²) < 4.78 is 4.48. The van der Waals surface area contributed by atoms with Gasteiger partial charge in [0.05, 0.1) is 7.11 Å². The summed E-state index contributed by atoms with van der Waals surface area (Å²) in [6.45, 7) is 0. The Hall–Kier alpha value is 0.0500. The number of ether oxygens (including phenoxy) is 1. The SMILES string of the molecule is COC(=O)[C@]1(Cl)C[C@H]1CCl. The number of carbonyl (C=O) groups excluding carboxylic acids is 1. The van der Waals surface area contributed by atoms with E-state index >= 15 is 0 Å². The number of carbonyl (C=O) groups is 1. The monoisotopic (exact) mass is 182 g/mol. The normalized spacial score (nSPS) is 37.3. The summed E-state index contributed by atoms with van der Waals surface area (Å²) in [5, 5.41) is 0. The minimum absolute atomic E-state index is 0.100. The summed E-state index contributed by atoms with van der Waals surface area (Å²) in [4.78, 5) is 10.1. The first kappa shape index (κ1) is 8.15. The third-order valence-electron chi connectivity index (χ3n) is 1.74. The molecule has 0 N–H and O–H groups in total. The smallest absolute Gasteiger partial charge is 0.327 e. The average Bonchev–Trinajstić information content (AvgIpc) is 2.61. The second kappa shape index (κ2) is 2.59. The molecule has 2 nitrogen and oxygen atoms in total. The molecule has 1 fully saturated rings. The summed E-state index contributed by atoms with van der Waals surface area (Å²) in [6.07, 6.45) is 0.644. The lowest BCUT2D eigenvalue weighted by molar-refractivity contribution is -0.141. The highest BCUT2D eigenvalue weighted by molar-refractivity contribution is 6.37. The van der Waals surface area contributed by atoms with Crippen LogP contribution in [-0.2, 0) is 9.53 Å². The highest BCUT2D eigenvalue weighted by Gasteiger charge is 2.59. The predicted molar refractivity (Wildman–Crippen MR) is 39.4 cm³/mol. The van der Waals surface area contributed by atoms with Crippen molar-refractivity contribution in [2.24, 2.45) is 5.92 Å². The quantitative estimate of drug-likeness (QED) is 0.477. The van der Waals surface area contributed by atoms with Crippen molar-refractivity contribution in [3.8, 4) is 0 Å². The zero-order chi connectivity index (χ0) is 7.78. The molecule has 0 saturated heterocycles. The Bertz CT molecular complexity index is 160. The lowest BCUT2D eigenvalue weighted by Gasteiger charge is -2.03. The average molecular weight is 183 g/mol. The zero-order valence-corrected chi connectivity index (χ0v) is 7.08. The summed E-state index contributed by atoms with van der Waals surface area (Å²) in [5.74, 6) is 0.168. The van der Waals surface area contributed by atoms with E-state index in [2.05, 4.69) is 4.74 Å². The molecule has 0 amide bonds. The van der Waals surface area contributed by atoms with E-state index in [1.165, 1.54) is 7.11 Å². The molecule has 1 aliphatic carbocycles. The number of esters is 1. The predicted octanol–water partition coefficient (Wildman–Crippen LogP) is 1.40. The van der Waals surface area contributed by atoms with Gasteiger partial charge < -0.3 is 4.74 Å². The Labute approximate surface area is 69.4 Å². The van der Waals surface area contributed by atoms with E-state index in [0.717, 1.165) is 0 Å². The molecule has 0 aromatic carbocycles. The number of hydrogen-bond donors (Lipinski definition) is 0. The van der Waals surface area contributed by atoms with E-state index in [0.29, 0.717) is 12.3 Å². The minimum Gasteiger partial charge on any atom is -0.468 e. The van der Waals surface area contributed by atoms with Crippen LogP contribution in [0.5, 0.6) is 0 Å². The van der Waals surface area contributed by atoms with Gasteiger partial charge in [0, 0.05) is 11.8 Å². The summed E-state index contributed by atoms with van der Waals surface area (Å²) in [5.41, 5.74) is 0. The third kappa shape index (κ3) is 1.10. The lowest BCUT2D eigenvalue weighted by atomic mass is 10.3. The van der Waals surface area contributed by atoms with Crippen LogP contribution in [0.1, 0.15) is 6.42 Å². The molecule has 1 aliphatic rings. The van der Waals surface area contributed by atoms with Gasteiger partial charge in [-0.2, -0.15) is 0 Å². The fourth-order valence-electron chi connectivity index (χ4n) is 0.896. The highest BCUT2D eigenvalue weighted by Crippen LogP contribution is 2.50. The number of halogens is 2. The molecular weight excluding hydrogens is 175 g/mol. The van der Waals surface area contributed by atoms with E-state index < -0.39 is 4.87 Å². The molecule has 4 heteroatoms. The standard InChI is InChI=1S/C6H8Cl2O2/c1-10-5(9)6(8)2-4(6)3-7/h4H,2-3H2,1H3/t4-,6-/m0/s1. The number of alkyl halides is 2. The summed E-state index contributed by atoms with van der Waals surface area (Å²) in [7, 11) is 1.33. The van der Waals surface area contributed by atoms with Crippen molar-refractivity contribution in [2.45, 2.75) is 11.3 Å². The fraction of sp³-hybridized carbons (Fsp3) is 0.833. The first-order valence-electron chi connectivity index (χ1n) is 2.98. The van der Waals surface area contributed by atoms with Gasteiger partial charge in [-0.15, -0.1) is 23.2 Å². The van der Waals surface area contributed by atoms with Gasteiger partial charge in [0.15, 0.2) is 0 Å². The van der Waals surface area contributed by atoms with Gasteiger partial charge in [0.1, 0.15) is 4.87 Å².